The summed E-state index contributed by atoms with van der Waals surface area (Å²) in [7, 11) is 2.13. The molecule has 0 unspecified atom stereocenters. The molecule has 0 bridgehead atoms. The predicted octanol–water partition coefficient (Wildman–Crippen LogP) is 0.629. The second-order valence-electron chi connectivity index (χ2n) is 19.6. The van der Waals surface area contributed by atoms with Gasteiger partial charge in [0, 0.05) is 24.9 Å². The van der Waals surface area contributed by atoms with E-state index in [9.17, 15) is 58.2 Å². The summed E-state index contributed by atoms with van der Waals surface area (Å²) in [5.74, 6) is -8.41. The summed E-state index contributed by atoms with van der Waals surface area (Å²) in [4.78, 5) is 133. The van der Waals surface area contributed by atoms with E-state index < -0.39 is 131 Å². The number of aliphatic hydroxyl groups excluding tert-OH is 2. The number of unbranched alkanes of at least 4 members (excludes halogenated alkanes) is 2. The Morgan fingerprint density at radius 2 is 0.817 bits per heavy atom. The van der Waals surface area contributed by atoms with Gasteiger partial charge in [-0.1, -0.05) is 46.0 Å². The molecule has 1 saturated carbocycles. The molecule has 1 fully saturated rings. The topological polar surface area (TPSA) is 344 Å². The Labute approximate surface area is 417 Å². The Morgan fingerprint density at radius 3 is 1.10 bits per heavy atom. The molecule has 0 aromatic rings. The molecule has 10 N–H and O–H groups in total. The zero-order valence-electron chi connectivity index (χ0n) is 43.6. The molecule has 0 radical (unpaired) electrons. The highest BCUT2D eigenvalue weighted by atomic mass is 16.6. The molecule has 0 aliphatic heterocycles. The van der Waals surface area contributed by atoms with Crippen LogP contribution < -0.4 is 42.5 Å². The van der Waals surface area contributed by atoms with Crippen LogP contribution in [0.2, 0.25) is 0 Å². The van der Waals surface area contributed by atoms with E-state index in [-0.39, 0.29) is 51.6 Å². The smallest absolute Gasteiger partial charge is 0.407 e. The minimum Gasteiger partial charge on any atom is -0.467 e. The second kappa shape index (κ2) is 30.8. The van der Waals surface area contributed by atoms with E-state index in [2.05, 4.69) is 42.5 Å². The molecule has 24 nitrogen and oxygen atoms in total. The molecule has 1 aliphatic carbocycles. The van der Waals surface area contributed by atoms with Crippen molar-refractivity contribution in [2.24, 2.45) is 11.8 Å². The molecule has 0 aromatic heterocycles. The highest BCUT2D eigenvalue weighted by Gasteiger charge is 2.41. The number of carbonyl (C=O) groups is 10. The predicted molar refractivity (Wildman–Crippen MR) is 257 cm³/mol. The lowest BCUT2D eigenvalue weighted by atomic mass is 9.93. The fourth-order valence-electron chi connectivity index (χ4n) is 7.36. The molecule has 0 heterocycles. The van der Waals surface area contributed by atoms with Gasteiger partial charge in [0.1, 0.15) is 35.4 Å². The summed E-state index contributed by atoms with van der Waals surface area (Å²) in [6.45, 7) is 15.8. The average molecular weight is 1020 g/mol. The van der Waals surface area contributed by atoms with Crippen LogP contribution in [0.4, 0.5) is 9.59 Å². The van der Waals surface area contributed by atoms with Crippen molar-refractivity contribution in [3.63, 3.8) is 0 Å². The number of methoxy groups -OCH3 is 2. The number of amides is 8. The molecular formula is C47H82N8O16. The van der Waals surface area contributed by atoms with Gasteiger partial charge >= 0.3 is 24.1 Å². The lowest BCUT2D eigenvalue weighted by Crippen LogP contribution is -2.59. The first-order valence-corrected chi connectivity index (χ1v) is 24.4. The molecule has 24 heteroatoms. The molecular weight excluding hydrogens is 933 g/mol. The highest BCUT2D eigenvalue weighted by molar-refractivity contribution is 5.97. The third-order valence-electron chi connectivity index (χ3n) is 11.1. The number of ether oxygens (including phenoxy) is 4. The van der Waals surface area contributed by atoms with E-state index in [1.165, 1.54) is 13.8 Å². The van der Waals surface area contributed by atoms with Gasteiger partial charge in [0.25, 0.3) is 0 Å². The Kier molecular flexibility index (Phi) is 27.5. The number of alkyl carbamates (subject to hydrolysis) is 2. The van der Waals surface area contributed by atoms with Gasteiger partial charge in [0.05, 0.1) is 26.4 Å². The van der Waals surface area contributed by atoms with Gasteiger partial charge in [-0.2, -0.15) is 0 Å². The highest BCUT2D eigenvalue weighted by Crippen LogP contribution is 2.32. The van der Waals surface area contributed by atoms with Gasteiger partial charge < -0.3 is 71.7 Å². The van der Waals surface area contributed by atoms with Crippen molar-refractivity contribution in [1.82, 2.24) is 42.5 Å². The first kappa shape index (κ1) is 63.2. The number of rotatable bonds is 28. The molecule has 0 spiro atoms. The van der Waals surface area contributed by atoms with E-state index in [0.717, 1.165) is 14.2 Å². The zero-order chi connectivity index (χ0) is 54.2. The SMILES string of the molecule is CCCC[C@H](NC(=O)[C@@H]1CCC[C@H]1C(=O)N[C@@H](CCCC)C(=O)N[C@@H](CCNC(=O)OC(C)(C)C)C(=O)N[C@H](C(=O)OC)[C@@H](C)O)C(=O)N[C@@H](CCNC(=O)OC(C)(C)C)C(=O)N[C@H](C(=O)OC)[C@@H](C)O. The molecule has 1 aliphatic rings. The fourth-order valence-corrected chi connectivity index (χ4v) is 7.36. The monoisotopic (exact) mass is 1010 g/mol. The average Bonchev–Trinajstić information content (AvgIpc) is 3.78. The standard InChI is InChI=1S/C47H82N8O16/c1-13-15-20-30(38(60)52-32(22-24-48-44(66)70-46(5,6)7)40(62)54-34(26(3)56)42(64)68-11)50-36(58)28-18-17-19-29(28)37(59)51-31(21-16-14-2)39(61)53-33(23-25-49-45(67)71-47(8,9)10)41(63)55-35(27(4)57)43(65)69-12/h26-35,56-57H,13-25H2,1-12H3,(H,48,66)(H,49,67)(H,50,58)(H,51,59)(H,52,60)(H,53,61)(H,54,62)(H,55,63)/t26-,27-,28-,29-,30+,31+,32+,33+,34+,35+/m1/s1. The van der Waals surface area contributed by atoms with Gasteiger partial charge in [0.15, 0.2) is 12.1 Å². The number of carbonyl (C=O) groups excluding carboxylic acids is 10. The summed E-state index contributed by atoms with van der Waals surface area (Å²) in [6.07, 6.45) is -1.42. The van der Waals surface area contributed by atoms with Crippen LogP contribution in [-0.4, -0.2) is 157 Å². The Hall–Kier alpha value is -5.78. The number of hydrogen-bond donors (Lipinski definition) is 10. The molecule has 0 aromatic carbocycles. The number of nitrogens with one attached hydrogen (secondary N) is 8. The van der Waals surface area contributed by atoms with Crippen molar-refractivity contribution in [3.05, 3.63) is 0 Å². The van der Waals surface area contributed by atoms with E-state index in [4.69, 9.17) is 18.9 Å². The fraction of sp³-hybridized carbons (Fsp3) is 0.787. The van der Waals surface area contributed by atoms with Crippen LogP contribution in [0.3, 0.4) is 0 Å². The summed E-state index contributed by atoms with van der Waals surface area (Å²) in [6, 6.07) is -8.24. The van der Waals surface area contributed by atoms with E-state index in [0.29, 0.717) is 32.1 Å². The maximum absolute atomic E-state index is 14.1. The lowest BCUT2D eigenvalue weighted by Gasteiger charge is -2.28. The summed E-state index contributed by atoms with van der Waals surface area (Å²) < 4.78 is 19.9. The van der Waals surface area contributed by atoms with Gasteiger partial charge in [-0.05, 0) is 93.9 Å². The largest absolute Gasteiger partial charge is 0.467 e. The Bertz CT molecular complexity index is 1670. The number of hydrogen-bond acceptors (Lipinski definition) is 16. The van der Waals surface area contributed by atoms with Crippen LogP contribution in [-0.2, 0) is 57.3 Å². The normalized spacial score (nSPS) is 17.9. The van der Waals surface area contributed by atoms with Crippen LogP contribution in [0.15, 0.2) is 0 Å². The minimum absolute atomic E-state index is 0.125. The lowest BCUT2D eigenvalue weighted by molar-refractivity contribution is -0.149. The Morgan fingerprint density at radius 1 is 0.507 bits per heavy atom. The van der Waals surface area contributed by atoms with Crippen molar-refractivity contribution in [1.29, 1.82) is 0 Å². The maximum Gasteiger partial charge on any atom is 0.407 e. The van der Waals surface area contributed by atoms with Crippen LogP contribution in [0.25, 0.3) is 0 Å². The maximum atomic E-state index is 14.1. The third kappa shape index (κ3) is 23.8. The minimum atomic E-state index is -1.50. The zero-order valence-corrected chi connectivity index (χ0v) is 43.6. The molecule has 1 rings (SSSR count). The Balaban J connectivity index is 3.39. The third-order valence-corrected chi connectivity index (χ3v) is 11.1. The number of aliphatic hydroxyl groups is 2. The molecule has 10 atom stereocenters. The van der Waals surface area contributed by atoms with Crippen molar-refractivity contribution >= 4 is 59.6 Å². The van der Waals surface area contributed by atoms with Gasteiger partial charge in [0.2, 0.25) is 35.4 Å². The molecule has 8 amide bonds. The molecule has 0 saturated heterocycles. The quantitative estimate of drug-likeness (QED) is 0.0380. The molecule has 406 valence electrons. The second-order valence-corrected chi connectivity index (χ2v) is 19.6. The summed E-state index contributed by atoms with van der Waals surface area (Å²) >= 11 is 0. The van der Waals surface area contributed by atoms with Crippen LogP contribution >= 0.6 is 0 Å². The van der Waals surface area contributed by atoms with Crippen molar-refractivity contribution < 1.29 is 77.1 Å². The van der Waals surface area contributed by atoms with Gasteiger partial charge in [-0.3, -0.25) is 28.8 Å². The summed E-state index contributed by atoms with van der Waals surface area (Å²) in [5, 5.41) is 40.9. The van der Waals surface area contributed by atoms with E-state index >= 15 is 0 Å². The van der Waals surface area contributed by atoms with Crippen molar-refractivity contribution in [3.8, 4) is 0 Å². The van der Waals surface area contributed by atoms with E-state index in [1.807, 2.05) is 13.8 Å². The summed E-state index contributed by atoms with van der Waals surface area (Å²) in [5.41, 5.74) is -1.66. The first-order valence-electron chi connectivity index (χ1n) is 24.4. The van der Waals surface area contributed by atoms with Crippen LogP contribution in [0.1, 0.15) is 140 Å². The van der Waals surface area contributed by atoms with Gasteiger partial charge in [-0.25, -0.2) is 19.2 Å². The van der Waals surface area contributed by atoms with E-state index in [1.54, 1.807) is 41.5 Å². The number of esters is 2. The van der Waals surface area contributed by atoms with Crippen LogP contribution in [0.5, 0.6) is 0 Å². The first-order chi connectivity index (χ1) is 33.1. The van der Waals surface area contributed by atoms with Crippen molar-refractivity contribution in [2.75, 3.05) is 27.3 Å². The molecule has 71 heavy (non-hydrogen) atoms. The van der Waals surface area contributed by atoms with Crippen molar-refractivity contribution in [2.45, 2.75) is 200 Å². The van der Waals surface area contributed by atoms with Gasteiger partial charge in [-0.15, -0.1) is 0 Å². The van der Waals surface area contributed by atoms with Crippen LogP contribution in [0, 0.1) is 11.8 Å².